The van der Waals surface area contributed by atoms with E-state index >= 15 is 0 Å². The van der Waals surface area contributed by atoms with Gasteiger partial charge >= 0.3 is 0 Å². The van der Waals surface area contributed by atoms with Crippen LogP contribution >= 0.6 is 0 Å². The number of hydrogen-bond donors (Lipinski definition) is 4. The van der Waals surface area contributed by atoms with Crippen LogP contribution in [0, 0.1) is 12.8 Å². The molecule has 15 heavy (non-hydrogen) atoms. The summed E-state index contributed by atoms with van der Waals surface area (Å²) < 4.78 is 4.83. The van der Waals surface area contributed by atoms with Gasteiger partial charge in [-0.3, -0.25) is 5.32 Å². The van der Waals surface area contributed by atoms with Crippen molar-refractivity contribution >= 4 is 0 Å². The molecule has 7 heteroatoms. The van der Waals surface area contributed by atoms with Crippen molar-refractivity contribution in [3.05, 3.63) is 5.73 Å². The van der Waals surface area contributed by atoms with Gasteiger partial charge < -0.3 is 27.0 Å². The minimum atomic E-state index is -0.421. The van der Waals surface area contributed by atoms with E-state index in [-0.39, 0.29) is 52.6 Å². The molecule has 0 spiro atoms. The summed E-state index contributed by atoms with van der Waals surface area (Å²) in [6, 6.07) is 0. The average molecular weight is 294 g/mol. The third-order valence-corrected chi connectivity index (χ3v) is 0.960. The van der Waals surface area contributed by atoms with Crippen molar-refractivity contribution < 1.29 is 42.6 Å². The largest absolute Gasteiger partial charge is 0.676 e. The second-order valence-corrected chi connectivity index (χ2v) is 1.71. The van der Waals surface area contributed by atoms with E-state index in [1.165, 1.54) is 7.05 Å². The fourth-order valence-corrected chi connectivity index (χ4v) is 0.525. The van der Waals surface area contributed by atoms with E-state index in [4.69, 9.17) is 21.3 Å². The molecule has 0 rings (SSSR count). The van der Waals surface area contributed by atoms with Crippen LogP contribution in [0.5, 0.6) is 0 Å². The van der Waals surface area contributed by atoms with Gasteiger partial charge in [0.1, 0.15) is 6.23 Å². The Morgan fingerprint density at radius 1 is 1.47 bits per heavy atom. The van der Waals surface area contributed by atoms with Gasteiger partial charge in [0, 0.05) is 32.7 Å². The molecule has 89 valence electrons. The molecule has 0 aliphatic carbocycles. The van der Waals surface area contributed by atoms with Crippen LogP contribution in [-0.4, -0.2) is 44.8 Å². The molecule has 0 heterocycles. The Balaban J connectivity index is -0.000000107. The first-order chi connectivity index (χ1) is 6.85. The third-order valence-electron chi connectivity index (χ3n) is 0.960. The van der Waals surface area contributed by atoms with E-state index in [0.717, 1.165) is 0 Å². The quantitative estimate of drug-likeness (QED) is 0.359. The molecule has 0 fully saturated rings. The number of hydrogen-bond acceptors (Lipinski definition) is 5. The van der Waals surface area contributed by atoms with Crippen LogP contribution < -0.4 is 16.8 Å². The van der Waals surface area contributed by atoms with Crippen molar-refractivity contribution in [1.29, 1.82) is 0 Å². The number of aliphatic hydroxyl groups excluding tert-OH is 1. The topological polar surface area (TPSA) is 117 Å². The van der Waals surface area contributed by atoms with Gasteiger partial charge in [0.05, 0.1) is 13.3 Å². The van der Waals surface area contributed by atoms with Gasteiger partial charge in [-0.05, 0) is 13.6 Å². The van der Waals surface area contributed by atoms with Crippen molar-refractivity contribution in [2.24, 2.45) is 11.5 Å². The van der Waals surface area contributed by atoms with Gasteiger partial charge in [-0.2, -0.15) is 0 Å². The second-order valence-electron chi connectivity index (χ2n) is 1.71. The minimum absolute atomic E-state index is 0. The molecule has 6 nitrogen and oxygen atoms in total. The molecule has 0 aromatic heterocycles. The molecule has 0 aromatic carbocycles. The Hall–Kier alpha value is 0.424. The molecule has 0 saturated carbocycles. The molecule has 7 N–H and O–H groups in total. The fraction of sp³-hybridized carbons (Fsp3) is 0.750. The van der Waals surface area contributed by atoms with Crippen LogP contribution in [0.15, 0.2) is 0 Å². The smallest absolute Gasteiger partial charge is 0.133 e. The Kier molecular flexibility index (Phi) is 48.0. The zero-order chi connectivity index (χ0) is 11.8. The third kappa shape index (κ3) is 25.1. The summed E-state index contributed by atoms with van der Waals surface area (Å²) in [5, 5.41) is 11.4. The van der Waals surface area contributed by atoms with Crippen LogP contribution in [0.3, 0.4) is 0 Å². The van der Waals surface area contributed by atoms with Crippen LogP contribution in [0.4, 0.5) is 0 Å². The summed E-state index contributed by atoms with van der Waals surface area (Å²) in [5.41, 5.74) is 16.3. The predicted octanol–water partition coefficient (Wildman–Crippen LogP) is -1.30. The van der Waals surface area contributed by atoms with E-state index < -0.39 is 6.23 Å². The van der Waals surface area contributed by atoms with Gasteiger partial charge in [-0.15, -0.1) is 19.4 Å². The molecule has 0 aromatic rings. The molecule has 0 bridgehead atoms. The zero-order valence-corrected chi connectivity index (χ0v) is 12.0. The molecule has 0 saturated heterocycles. The maximum Gasteiger partial charge on any atom is 0.133 e. The van der Waals surface area contributed by atoms with Gasteiger partial charge in [-0.25, -0.2) is 0 Å². The summed E-state index contributed by atoms with van der Waals surface area (Å²) in [5.74, 6) is 0. The summed E-state index contributed by atoms with van der Waals surface area (Å²) in [6.45, 7) is 0.739. The number of ether oxygens (including phenoxy) is 1. The summed E-state index contributed by atoms with van der Waals surface area (Å²) in [6.07, 6.45) is 7.58. The van der Waals surface area contributed by atoms with Crippen LogP contribution in [-0.2, 0) is 37.4 Å². The van der Waals surface area contributed by atoms with Gasteiger partial charge in [0.15, 0.2) is 0 Å². The van der Waals surface area contributed by atoms with Gasteiger partial charge in [0.25, 0.3) is 0 Å². The van der Waals surface area contributed by atoms with Crippen LogP contribution in [0.1, 0.15) is 0 Å². The van der Waals surface area contributed by atoms with Crippen molar-refractivity contribution in [3.8, 4) is 12.8 Å². The van der Waals surface area contributed by atoms with E-state index in [0.29, 0.717) is 6.54 Å². The standard InChI is InChI=1S/C5H14N3O2.C2H2.CH5N.Y/c6-1-2-8-5(3-9)10-4-7;2*1-2;/h5-6,8-9H,1-4,7H2;1-2H;2H2,1H3;/q-1;;;. The molecule has 1 radical (unpaired) electrons. The van der Waals surface area contributed by atoms with Crippen molar-refractivity contribution in [1.82, 2.24) is 5.32 Å². The molecule has 1 atom stereocenters. The number of nitrogens with one attached hydrogen (secondary N) is 2. The Labute approximate surface area is 117 Å². The minimum Gasteiger partial charge on any atom is -0.676 e. The van der Waals surface area contributed by atoms with Crippen molar-refractivity contribution in [3.63, 3.8) is 0 Å². The van der Waals surface area contributed by atoms with E-state index in [1.54, 1.807) is 0 Å². The predicted molar refractivity (Wildman–Crippen MR) is 58.2 cm³/mol. The number of nitrogens with two attached hydrogens (primary N) is 2. The van der Waals surface area contributed by atoms with E-state index in [1.807, 2.05) is 0 Å². The molecule has 0 amide bonds. The average Bonchev–Trinajstić information content (AvgIpc) is 2.29. The second kappa shape index (κ2) is 29.3. The summed E-state index contributed by atoms with van der Waals surface area (Å²) in [4.78, 5) is 0. The SMILES string of the molecule is C#C.CN.[NH-]CCNC(CO)OCN.[Y]. The first kappa shape index (κ1) is 24.6. The molecule has 1 unspecified atom stereocenters. The molecule has 0 aliphatic rings. The summed E-state index contributed by atoms with van der Waals surface area (Å²) in [7, 11) is 1.50. The maximum atomic E-state index is 8.58. The number of aliphatic hydroxyl groups is 1. The van der Waals surface area contributed by atoms with Crippen molar-refractivity contribution in [2.75, 3.05) is 33.5 Å². The summed E-state index contributed by atoms with van der Waals surface area (Å²) >= 11 is 0. The first-order valence-electron chi connectivity index (χ1n) is 4.06. The maximum absolute atomic E-state index is 8.58. The Morgan fingerprint density at radius 3 is 2.20 bits per heavy atom. The Bertz CT molecular complexity index is 106. The molecular weight excluding hydrogens is 273 g/mol. The van der Waals surface area contributed by atoms with Crippen LogP contribution in [0.25, 0.3) is 5.73 Å². The van der Waals surface area contributed by atoms with Crippen molar-refractivity contribution in [2.45, 2.75) is 6.23 Å². The number of terminal acetylenes is 1. The van der Waals surface area contributed by atoms with E-state index in [9.17, 15) is 0 Å². The molecular formula is C8H21N4O2Y-. The van der Waals surface area contributed by atoms with Gasteiger partial charge in [0.2, 0.25) is 0 Å². The monoisotopic (exact) mass is 294 g/mol. The number of rotatable bonds is 6. The van der Waals surface area contributed by atoms with Gasteiger partial charge in [-0.1, -0.05) is 0 Å². The normalized spacial score (nSPS) is 9.53. The Morgan fingerprint density at radius 2 is 1.93 bits per heavy atom. The fourth-order valence-electron chi connectivity index (χ4n) is 0.525. The van der Waals surface area contributed by atoms with E-state index in [2.05, 4.69) is 23.9 Å². The molecule has 0 aliphatic heterocycles. The first-order valence-corrected chi connectivity index (χ1v) is 4.06. The zero-order valence-electron chi connectivity index (χ0n) is 9.15. The van der Waals surface area contributed by atoms with Crippen LogP contribution in [0.2, 0.25) is 0 Å².